The highest BCUT2D eigenvalue weighted by Crippen LogP contribution is 2.25. The lowest BCUT2D eigenvalue weighted by atomic mass is 9.96. The Morgan fingerprint density at radius 1 is 1.00 bits per heavy atom. The minimum atomic E-state index is -0.0134. The molecule has 20 heavy (non-hydrogen) atoms. The fraction of sp³-hybridized carbons (Fsp3) is 0.235. The summed E-state index contributed by atoms with van der Waals surface area (Å²) in [4.78, 5) is 12.6. The second-order valence-corrected chi connectivity index (χ2v) is 5.34. The maximum absolute atomic E-state index is 12.6. The third-order valence-electron chi connectivity index (χ3n) is 3.42. The number of carbonyl (C=O) groups excluding carboxylic acids is 1. The van der Waals surface area contributed by atoms with Crippen molar-refractivity contribution < 1.29 is 9.53 Å². The van der Waals surface area contributed by atoms with E-state index in [-0.39, 0.29) is 5.78 Å². The molecule has 0 aromatic heterocycles. The molecule has 0 N–H and O–H groups in total. The zero-order chi connectivity index (χ0) is 14.9. The van der Waals surface area contributed by atoms with Crippen molar-refractivity contribution in [3.05, 3.63) is 63.2 Å². The minimum Gasteiger partial charge on any atom is -0.496 e. The van der Waals surface area contributed by atoms with Crippen LogP contribution in [0.15, 0.2) is 30.3 Å². The van der Waals surface area contributed by atoms with Crippen LogP contribution in [0.25, 0.3) is 0 Å². The van der Waals surface area contributed by atoms with E-state index in [2.05, 4.69) is 0 Å². The Morgan fingerprint density at radius 3 is 2.35 bits per heavy atom. The summed E-state index contributed by atoms with van der Waals surface area (Å²) in [6.45, 7) is 5.74. The van der Waals surface area contributed by atoms with E-state index in [0.717, 1.165) is 22.4 Å². The minimum absolute atomic E-state index is 0.0134. The molecule has 0 fully saturated rings. The van der Waals surface area contributed by atoms with Gasteiger partial charge in [0.15, 0.2) is 5.78 Å². The molecule has 0 aliphatic rings. The highest BCUT2D eigenvalue weighted by atomic mass is 35.5. The van der Waals surface area contributed by atoms with Gasteiger partial charge in [0, 0.05) is 16.1 Å². The lowest BCUT2D eigenvalue weighted by molar-refractivity contribution is 0.103. The molecule has 0 bridgehead atoms. The Hall–Kier alpha value is -1.80. The molecular formula is C17H17ClO2. The number of carbonyl (C=O) groups is 1. The molecule has 0 radical (unpaired) electrons. The van der Waals surface area contributed by atoms with Gasteiger partial charge >= 0.3 is 0 Å². The quantitative estimate of drug-likeness (QED) is 0.777. The van der Waals surface area contributed by atoms with E-state index in [0.29, 0.717) is 16.1 Å². The normalized spacial score (nSPS) is 10.4. The van der Waals surface area contributed by atoms with Crippen LogP contribution in [0.5, 0.6) is 5.75 Å². The molecule has 0 saturated heterocycles. The number of ether oxygens (including phenoxy) is 1. The second kappa shape index (κ2) is 5.68. The van der Waals surface area contributed by atoms with Crippen molar-refractivity contribution in [1.29, 1.82) is 0 Å². The number of rotatable bonds is 3. The number of hydrogen-bond acceptors (Lipinski definition) is 2. The van der Waals surface area contributed by atoms with Crippen LogP contribution >= 0.6 is 11.6 Å². The molecule has 0 atom stereocenters. The maximum Gasteiger partial charge on any atom is 0.193 e. The zero-order valence-corrected chi connectivity index (χ0v) is 12.8. The van der Waals surface area contributed by atoms with Gasteiger partial charge in [-0.3, -0.25) is 4.79 Å². The van der Waals surface area contributed by atoms with E-state index in [9.17, 15) is 4.79 Å². The monoisotopic (exact) mass is 288 g/mol. The molecule has 0 unspecified atom stereocenters. The van der Waals surface area contributed by atoms with Gasteiger partial charge in [0.2, 0.25) is 0 Å². The molecule has 2 nitrogen and oxygen atoms in total. The Morgan fingerprint density at radius 2 is 1.70 bits per heavy atom. The highest BCUT2D eigenvalue weighted by molar-refractivity contribution is 6.31. The molecule has 0 saturated carbocycles. The number of aryl methyl sites for hydroxylation is 3. The van der Waals surface area contributed by atoms with Gasteiger partial charge in [-0.1, -0.05) is 23.7 Å². The van der Waals surface area contributed by atoms with Crippen LogP contribution in [0, 0.1) is 20.8 Å². The Labute approximate surface area is 124 Å². The number of ketones is 1. The molecule has 2 aromatic carbocycles. The van der Waals surface area contributed by atoms with E-state index in [1.165, 1.54) is 0 Å². The van der Waals surface area contributed by atoms with Gasteiger partial charge in [0.25, 0.3) is 0 Å². The van der Waals surface area contributed by atoms with Gasteiger partial charge < -0.3 is 4.74 Å². The Kier molecular flexibility index (Phi) is 4.15. The first-order valence-corrected chi connectivity index (χ1v) is 6.78. The van der Waals surface area contributed by atoms with Crippen molar-refractivity contribution in [2.24, 2.45) is 0 Å². The first-order valence-electron chi connectivity index (χ1n) is 6.40. The first kappa shape index (κ1) is 14.6. The van der Waals surface area contributed by atoms with Crippen molar-refractivity contribution in [3.63, 3.8) is 0 Å². The summed E-state index contributed by atoms with van der Waals surface area (Å²) in [6.07, 6.45) is 0. The molecule has 3 heteroatoms. The first-order chi connectivity index (χ1) is 9.43. The van der Waals surface area contributed by atoms with Gasteiger partial charge in [0.1, 0.15) is 5.75 Å². The number of benzene rings is 2. The molecule has 0 aliphatic carbocycles. The molecule has 0 heterocycles. The van der Waals surface area contributed by atoms with Crippen LogP contribution in [0.3, 0.4) is 0 Å². The molecule has 104 valence electrons. The van der Waals surface area contributed by atoms with Gasteiger partial charge in [-0.25, -0.2) is 0 Å². The molecule has 2 aromatic rings. The molecular weight excluding hydrogens is 272 g/mol. The van der Waals surface area contributed by atoms with Gasteiger partial charge in [-0.05, 0) is 55.7 Å². The number of halogens is 1. The summed E-state index contributed by atoms with van der Waals surface area (Å²) in [5.74, 6) is 0.708. The average Bonchev–Trinajstić information content (AvgIpc) is 2.42. The van der Waals surface area contributed by atoms with Crippen LogP contribution in [0.4, 0.5) is 0 Å². The molecule has 0 amide bonds. The highest BCUT2D eigenvalue weighted by Gasteiger charge is 2.14. The standard InChI is InChI=1S/C17H17ClO2/c1-10-5-6-13(9-16(10)20-4)17(19)14-7-12(3)15(18)8-11(14)2/h5-9H,1-4H3. The van der Waals surface area contributed by atoms with E-state index < -0.39 is 0 Å². The summed E-state index contributed by atoms with van der Waals surface area (Å²) in [6, 6.07) is 9.16. The molecule has 0 aliphatic heterocycles. The predicted octanol–water partition coefficient (Wildman–Crippen LogP) is 4.50. The van der Waals surface area contributed by atoms with E-state index in [1.54, 1.807) is 13.2 Å². The fourth-order valence-corrected chi connectivity index (χ4v) is 2.36. The number of methoxy groups -OCH3 is 1. The smallest absolute Gasteiger partial charge is 0.193 e. The van der Waals surface area contributed by atoms with Crippen LogP contribution in [0.2, 0.25) is 5.02 Å². The SMILES string of the molecule is COc1cc(C(=O)c2cc(C)c(Cl)cc2C)ccc1C. The van der Waals surface area contributed by atoms with Gasteiger partial charge in [0.05, 0.1) is 7.11 Å². The van der Waals surface area contributed by atoms with Gasteiger partial charge in [-0.15, -0.1) is 0 Å². The van der Waals surface area contributed by atoms with Crippen LogP contribution in [-0.4, -0.2) is 12.9 Å². The van der Waals surface area contributed by atoms with Crippen molar-refractivity contribution in [1.82, 2.24) is 0 Å². The average molecular weight is 289 g/mol. The molecule has 2 rings (SSSR count). The summed E-state index contributed by atoms with van der Waals surface area (Å²) in [7, 11) is 1.61. The lowest BCUT2D eigenvalue weighted by Gasteiger charge is -2.10. The van der Waals surface area contributed by atoms with Crippen molar-refractivity contribution in [3.8, 4) is 5.75 Å². The third kappa shape index (κ3) is 2.70. The fourth-order valence-electron chi connectivity index (χ4n) is 2.14. The second-order valence-electron chi connectivity index (χ2n) is 4.93. The largest absolute Gasteiger partial charge is 0.496 e. The molecule has 0 spiro atoms. The zero-order valence-electron chi connectivity index (χ0n) is 12.1. The Bertz CT molecular complexity index is 675. The topological polar surface area (TPSA) is 26.3 Å². The van der Waals surface area contributed by atoms with Crippen LogP contribution < -0.4 is 4.74 Å². The van der Waals surface area contributed by atoms with E-state index in [1.807, 2.05) is 45.0 Å². The third-order valence-corrected chi connectivity index (χ3v) is 3.83. The van der Waals surface area contributed by atoms with Crippen molar-refractivity contribution in [2.45, 2.75) is 20.8 Å². The van der Waals surface area contributed by atoms with E-state index in [4.69, 9.17) is 16.3 Å². The lowest BCUT2D eigenvalue weighted by Crippen LogP contribution is -2.05. The van der Waals surface area contributed by atoms with Crippen LogP contribution in [-0.2, 0) is 0 Å². The van der Waals surface area contributed by atoms with Gasteiger partial charge in [-0.2, -0.15) is 0 Å². The Balaban J connectivity index is 2.49. The summed E-state index contributed by atoms with van der Waals surface area (Å²) < 4.78 is 5.27. The number of hydrogen-bond donors (Lipinski definition) is 0. The summed E-state index contributed by atoms with van der Waals surface area (Å²) >= 11 is 6.07. The maximum atomic E-state index is 12.6. The summed E-state index contributed by atoms with van der Waals surface area (Å²) in [5, 5.41) is 0.681. The summed E-state index contributed by atoms with van der Waals surface area (Å²) in [5.41, 5.74) is 4.09. The van der Waals surface area contributed by atoms with Crippen molar-refractivity contribution in [2.75, 3.05) is 7.11 Å². The predicted molar refractivity (Wildman–Crippen MR) is 82.1 cm³/mol. The van der Waals surface area contributed by atoms with E-state index >= 15 is 0 Å². The van der Waals surface area contributed by atoms with Crippen LogP contribution in [0.1, 0.15) is 32.6 Å². The van der Waals surface area contributed by atoms with Crippen molar-refractivity contribution >= 4 is 17.4 Å².